The van der Waals surface area contributed by atoms with Gasteiger partial charge in [0, 0.05) is 6.54 Å². The molecule has 5 heteroatoms. The third-order valence-electron chi connectivity index (χ3n) is 3.30. The smallest absolute Gasteiger partial charge is 0.406 e. The van der Waals surface area contributed by atoms with Crippen LogP contribution in [0.2, 0.25) is 0 Å². The van der Waals surface area contributed by atoms with Crippen LogP contribution in [0.25, 0.3) is 11.1 Å². The van der Waals surface area contributed by atoms with Crippen LogP contribution < -0.4 is 10.5 Å². The number of benzene rings is 2. The first-order valence-corrected chi connectivity index (χ1v) is 6.46. The van der Waals surface area contributed by atoms with Crippen molar-refractivity contribution in [1.82, 2.24) is 0 Å². The van der Waals surface area contributed by atoms with Gasteiger partial charge in [0.2, 0.25) is 0 Å². The average Bonchev–Trinajstić information content (AvgIpc) is 2.36. The van der Waals surface area contributed by atoms with Crippen molar-refractivity contribution >= 4 is 0 Å². The molecule has 0 fully saturated rings. The van der Waals surface area contributed by atoms with Crippen molar-refractivity contribution in [2.75, 3.05) is 0 Å². The van der Waals surface area contributed by atoms with E-state index in [2.05, 4.69) is 4.74 Å². The molecular weight excluding hydrogens is 279 g/mol. The van der Waals surface area contributed by atoms with Crippen LogP contribution in [0.15, 0.2) is 36.4 Å². The third kappa shape index (κ3) is 3.76. The molecule has 0 radical (unpaired) electrons. The SMILES string of the molecule is Cc1cc(-c2cccc(OC(F)(F)F)c2)cc(C)c1CN. The molecule has 0 unspecified atom stereocenters. The normalized spacial score (nSPS) is 11.5. The zero-order valence-corrected chi connectivity index (χ0v) is 11.8. The van der Waals surface area contributed by atoms with Crippen molar-refractivity contribution in [3.05, 3.63) is 53.1 Å². The van der Waals surface area contributed by atoms with Crippen molar-refractivity contribution in [1.29, 1.82) is 0 Å². The topological polar surface area (TPSA) is 35.2 Å². The molecule has 0 saturated carbocycles. The molecule has 0 saturated heterocycles. The van der Waals surface area contributed by atoms with E-state index in [9.17, 15) is 13.2 Å². The van der Waals surface area contributed by atoms with Gasteiger partial charge in [-0.25, -0.2) is 0 Å². The highest BCUT2D eigenvalue weighted by atomic mass is 19.4. The highest BCUT2D eigenvalue weighted by Gasteiger charge is 2.31. The molecule has 0 aliphatic heterocycles. The molecule has 2 nitrogen and oxygen atoms in total. The largest absolute Gasteiger partial charge is 0.573 e. The summed E-state index contributed by atoms with van der Waals surface area (Å²) in [5.74, 6) is -0.224. The second-order valence-electron chi connectivity index (χ2n) is 4.87. The van der Waals surface area contributed by atoms with E-state index in [0.717, 1.165) is 22.3 Å². The van der Waals surface area contributed by atoms with Crippen LogP contribution in [0.4, 0.5) is 13.2 Å². The molecule has 0 amide bonds. The zero-order valence-electron chi connectivity index (χ0n) is 11.8. The van der Waals surface area contributed by atoms with E-state index >= 15 is 0 Å². The number of rotatable bonds is 3. The van der Waals surface area contributed by atoms with Gasteiger partial charge in [-0.1, -0.05) is 24.3 Å². The Bertz CT molecular complexity index is 627. The Balaban J connectivity index is 2.41. The predicted octanol–water partition coefficient (Wildman–Crippen LogP) is 4.33. The number of halogens is 3. The monoisotopic (exact) mass is 295 g/mol. The number of hydrogen-bond acceptors (Lipinski definition) is 2. The van der Waals surface area contributed by atoms with Gasteiger partial charge in [0.15, 0.2) is 0 Å². The quantitative estimate of drug-likeness (QED) is 0.914. The van der Waals surface area contributed by atoms with Crippen molar-refractivity contribution in [2.45, 2.75) is 26.8 Å². The summed E-state index contributed by atoms with van der Waals surface area (Å²) < 4.78 is 40.7. The molecule has 0 bridgehead atoms. The maximum absolute atomic E-state index is 12.3. The molecule has 0 spiro atoms. The van der Waals surface area contributed by atoms with E-state index in [1.54, 1.807) is 6.07 Å². The molecule has 0 heterocycles. The molecule has 21 heavy (non-hydrogen) atoms. The average molecular weight is 295 g/mol. The summed E-state index contributed by atoms with van der Waals surface area (Å²) in [4.78, 5) is 0. The molecule has 0 atom stereocenters. The van der Waals surface area contributed by atoms with Crippen LogP contribution in [0, 0.1) is 13.8 Å². The molecule has 0 aromatic heterocycles. The summed E-state index contributed by atoms with van der Waals surface area (Å²) in [5.41, 5.74) is 10.3. The summed E-state index contributed by atoms with van der Waals surface area (Å²) in [6.07, 6.45) is -4.69. The van der Waals surface area contributed by atoms with Gasteiger partial charge in [-0.2, -0.15) is 0 Å². The Morgan fingerprint density at radius 3 is 2.14 bits per heavy atom. The predicted molar refractivity (Wildman–Crippen MR) is 75.9 cm³/mol. The summed E-state index contributed by atoms with van der Waals surface area (Å²) in [7, 11) is 0. The Kier molecular flexibility index (Phi) is 4.23. The number of nitrogens with two attached hydrogens (primary N) is 1. The molecular formula is C16H16F3NO. The van der Waals surface area contributed by atoms with Gasteiger partial charge in [-0.15, -0.1) is 13.2 Å². The molecule has 2 aromatic carbocycles. The maximum atomic E-state index is 12.3. The molecule has 2 N–H and O–H groups in total. The minimum absolute atomic E-state index is 0.224. The summed E-state index contributed by atoms with van der Waals surface area (Å²) in [6.45, 7) is 4.32. The zero-order chi connectivity index (χ0) is 15.6. The standard InChI is InChI=1S/C16H16F3NO/c1-10-6-13(7-11(2)15(10)9-20)12-4-3-5-14(8-12)21-16(17,18)19/h3-8H,9,20H2,1-2H3. The third-order valence-corrected chi connectivity index (χ3v) is 3.30. The summed E-state index contributed by atoms with van der Waals surface area (Å²) in [6, 6.07) is 9.79. The Hall–Kier alpha value is -2.01. The first-order valence-electron chi connectivity index (χ1n) is 6.46. The molecule has 2 rings (SSSR count). The van der Waals surface area contributed by atoms with Gasteiger partial charge in [0.1, 0.15) is 5.75 Å². The Labute approximate surface area is 121 Å². The van der Waals surface area contributed by atoms with E-state index in [1.165, 1.54) is 18.2 Å². The van der Waals surface area contributed by atoms with Gasteiger partial charge >= 0.3 is 6.36 Å². The lowest BCUT2D eigenvalue weighted by atomic mass is 9.95. The number of alkyl halides is 3. The number of aryl methyl sites for hydroxylation is 2. The molecule has 0 aliphatic rings. The summed E-state index contributed by atoms with van der Waals surface area (Å²) >= 11 is 0. The number of ether oxygens (including phenoxy) is 1. The first-order chi connectivity index (χ1) is 9.80. The minimum Gasteiger partial charge on any atom is -0.406 e. The van der Waals surface area contributed by atoms with Gasteiger partial charge in [0.05, 0.1) is 0 Å². The molecule has 112 valence electrons. The second kappa shape index (κ2) is 5.77. The fourth-order valence-electron chi connectivity index (χ4n) is 2.35. The lowest BCUT2D eigenvalue weighted by Crippen LogP contribution is -2.17. The Morgan fingerprint density at radius 2 is 1.62 bits per heavy atom. The van der Waals surface area contributed by atoms with Crippen LogP contribution in [0.5, 0.6) is 5.75 Å². The van der Waals surface area contributed by atoms with Crippen LogP contribution in [-0.4, -0.2) is 6.36 Å². The highest BCUT2D eigenvalue weighted by Crippen LogP contribution is 2.30. The van der Waals surface area contributed by atoms with Crippen molar-refractivity contribution in [3.8, 4) is 16.9 Å². The van der Waals surface area contributed by atoms with Gasteiger partial charge < -0.3 is 10.5 Å². The minimum atomic E-state index is -4.69. The molecule has 2 aromatic rings. The lowest BCUT2D eigenvalue weighted by Gasteiger charge is -2.13. The van der Waals surface area contributed by atoms with Crippen LogP contribution in [0.1, 0.15) is 16.7 Å². The number of hydrogen-bond donors (Lipinski definition) is 1. The summed E-state index contributed by atoms with van der Waals surface area (Å²) in [5, 5.41) is 0. The van der Waals surface area contributed by atoms with Gasteiger partial charge in [-0.05, 0) is 53.8 Å². The van der Waals surface area contributed by atoms with E-state index < -0.39 is 6.36 Å². The van der Waals surface area contributed by atoms with Crippen molar-refractivity contribution in [3.63, 3.8) is 0 Å². The first kappa shape index (κ1) is 15.4. The van der Waals surface area contributed by atoms with Crippen molar-refractivity contribution in [2.24, 2.45) is 5.73 Å². The van der Waals surface area contributed by atoms with Gasteiger partial charge in [0.25, 0.3) is 0 Å². The fourth-order valence-corrected chi connectivity index (χ4v) is 2.35. The van der Waals surface area contributed by atoms with E-state index in [0.29, 0.717) is 12.1 Å². The fraction of sp³-hybridized carbons (Fsp3) is 0.250. The van der Waals surface area contributed by atoms with Crippen LogP contribution >= 0.6 is 0 Å². The lowest BCUT2D eigenvalue weighted by molar-refractivity contribution is -0.274. The highest BCUT2D eigenvalue weighted by molar-refractivity contribution is 5.67. The van der Waals surface area contributed by atoms with Gasteiger partial charge in [-0.3, -0.25) is 0 Å². The van der Waals surface area contributed by atoms with E-state index in [4.69, 9.17) is 5.73 Å². The van der Waals surface area contributed by atoms with Crippen LogP contribution in [0.3, 0.4) is 0 Å². The molecule has 0 aliphatic carbocycles. The van der Waals surface area contributed by atoms with E-state index in [-0.39, 0.29) is 5.75 Å². The van der Waals surface area contributed by atoms with E-state index in [1.807, 2.05) is 26.0 Å². The second-order valence-corrected chi connectivity index (χ2v) is 4.87. The van der Waals surface area contributed by atoms with Crippen molar-refractivity contribution < 1.29 is 17.9 Å². The maximum Gasteiger partial charge on any atom is 0.573 e. The Morgan fingerprint density at radius 1 is 1.00 bits per heavy atom. The van der Waals surface area contributed by atoms with Crippen LogP contribution in [-0.2, 0) is 6.54 Å².